The number of rotatable bonds is 4. The highest BCUT2D eigenvalue weighted by Crippen LogP contribution is 2.44. The highest BCUT2D eigenvalue weighted by atomic mass is 16.6. The summed E-state index contributed by atoms with van der Waals surface area (Å²) in [5.41, 5.74) is 3.18. The van der Waals surface area contributed by atoms with E-state index in [1.165, 1.54) is 23.1 Å². The first kappa shape index (κ1) is 18.1. The maximum absolute atomic E-state index is 13.2. The summed E-state index contributed by atoms with van der Waals surface area (Å²) < 4.78 is 0. The van der Waals surface area contributed by atoms with Crippen molar-refractivity contribution in [3.05, 3.63) is 88.1 Å². The maximum Gasteiger partial charge on any atom is 0.328 e. The number of H-pyrrole nitrogens is 1. The molecule has 150 valence electrons. The zero-order chi connectivity index (χ0) is 21.0. The van der Waals surface area contributed by atoms with Crippen molar-refractivity contribution in [1.29, 1.82) is 0 Å². The van der Waals surface area contributed by atoms with Gasteiger partial charge in [-0.05, 0) is 17.2 Å². The molecule has 1 saturated heterocycles. The number of imide groups is 1. The Morgan fingerprint density at radius 1 is 1.20 bits per heavy atom. The molecule has 8 nitrogen and oxygen atoms in total. The smallest absolute Gasteiger partial charge is 0.328 e. The van der Waals surface area contributed by atoms with Crippen molar-refractivity contribution in [3.8, 4) is 0 Å². The molecule has 0 saturated carbocycles. The average Bonchev–Trinajstić information content (AvgIpc) is 3.23. The van der Waals surface area contributed by atoms with Crippen LogP contribution in [0, 0.1) is 10.1 Å². The van der Waals surface area contributed by atoms with E-state index in [2.05, 4.69) is 11.6 Å². The van der Waals surface area contributed by atoms with Crippen molar-refractivity contribution in [2.75, 3.05) is 6.54 Å². The van der Waals surface area contributed by atoms with Gasteiger partial charge in [0.15, 0.2) is 0 Å². The Labute approximate surface area is 171 Å². The van der Waals surface area contributed by atoms with Gasteiger partial charge in [0.05, 0.1) is 4.92 Å². The van der Waals surface area contributed by atoms with Gasteiger partial charge in [0.25, 0.3) is 11.6 Å². The predicted octanol–water partition coefficient (Wildman–Crippen LogP) is 3.54. The molecule has 0 radical (unpaired) electrons. The molecule has 1 aromatic heterocycles. The third kappa shape index (κ3) is 2.46. The van der Waals surface area contributed by atoms with Crippen molar-refractivity contribution < 1.29 is 14.5 Å². The molecule has 0 unspecified atom stereocenters. The van der Waals surface area contributed by atoms with Crippen LogP contribution >= 0.6 is 0 Å². The summed E-state index contributed by atoms with van der Waals surface area (Å²) in [6, 6.07) is 12.3. The fourth-order valence-corrected chi connectivity index (χ4v) is 4.58. The van der Waals surface area contributed by atoms with Gasteiger partial charge in [-0.1, -0.05) is 36.4 Å². The molecule has 0 aliphatic carbocycles. The first-order valence-electron chi connectivity index (χ1n) is 9.59. The number of non-ortho nitro benzene ring substituents is 1. The number of amides is 3. The molecular weight excluding hydrogens is 384 g/mol. The minimum absolute atomic E-state index is 0.0618. The lowest BCUT2D eigenvalue weighted by atomic mass is 9.88. The highest BCUT2D eigenvalue weighted by molar-refractivity contribution is 6.06. The molecule has 30 heavy (non-hydrogen) atoms. The van der Waals surface area contributed by atoms with Crippen LogP contribution in [0.15, 0.2) is 61.2 Å². The zero-order valence-corrected chi connectivity index (χ0v) is 15.9. The van der Waals surface area contributed by atoms with E-state index in [1.807, 2.05) is 24.3 Å². The summed E-state index contributed by atoms with van der Waals surface area (Å²) in [6.45, 7) is 3.77. The number of aromatic amines is 1. The Morgan fingerprint density at radius 3 is 2.77 bits per heavy atom. The average molecular weight is 402 g/mol. The molecular formula is C22H18N4O4. The Hall–Kier alpha value is -3.94. The SMILES string of the molecule is C=CCN1C(=O)[C@@H]2Cc3c([nH]c4ccccc34)[C@@H](c3cccc([N+](=O)[O-])c3)N2C1=O. The highest BCUT2D eigenvalue weighted by Gasteiger charge is 2.52. The molecule has 0 bridgehead atoms. The molecule has 3 amide bonds. The second-order valence-corrected chi connectivity index (χ2v) is 7.46. The Kier molecular flexibility index (Phi) is 3.95. The fourth-order valence-electron chi connectivity index (χ4n) is 4.58. The van der Waals surface area contributed by atoms with E-state index in [9.17, 15) is 19.7 Å². The van der Waals surface area contributed by atoms with Crippen LogP contribution in [-0.2, 0) is 11.2 Å². The molecule has 0 spiro atoms. The van der Waals surface area contributed by atoms with Crippen LogP contribution in [0.4, 0.5) is 10.5 Å². The summed E-state index contributed by atoms with van der Waals surface area (Å²) in [5.74, 6) is -0.272. The monoisotopic (exact) mass is 402 g/mol. The van der Waals surface area contributed by atoms with E-state index in [4.69, 9.17) is 0 Å². The van der Waals surface area contributed by atoms with E-state index in [1.54, 1.807) is 17.0 Å². The standard InChI is InChI=1S/C22H18N4O4/c1-2-10-24-21(27)18-12-16-15-8-3-4-9-17(15)23-19(16)20(25(18)22(24)28)13-6-5-7-14(11-13)26(29)30/h2-9,11,18,20,23H,1,10,12H2/t18-,20+/m0/s1. The van der Waals surface area contributed by atoms with E-state index in [0.29, 0.717) is 12.0 Å². The summed E-state index contributed by atoms with van der Waals surface area (Å²) in [5, 5.41) is 12.3. The van der Waals surface area contributed by atoms with Gasteiger partial charge in [0.2, 0.25) is 0 Å². The summed E-state index contributed by atoms with van der Waals surface area (Å²) in [6.07, 6.45) is 1.91. The molecule has 3 heterocycles. The molecule has 2 aliphatic heterocycles. The first-order chi connectivity index (χ1) is 14.5. The van der Waals surface area contributed by atoms with Crippen LogP contribution < -0.4 is 0 Å². The van der Waals surface area contributed by atoms with Gasteiger partial charge in [-0.3, -0.25) is 24.7 Å². The van der Waals surface area contributed by atoms with Crippen LogP contribution in [-0.4, -0.2) is 44.2 Å². The normalized spacial score (nSPS) is 20.4. The number of nitrogens with zero attached hydrogens (tertiary/aromatic N) is 3. The number of hydrogen-bond acceptors (Lipinski definition) is 4. The molecule has 3 aromatic rings. The second-order valence-electron chi connectivity index (χ2n) is 7.46. The minimum Gasteiger partial charge on any atom is -0.356 e. The number of carbonyl (C=O) groups is 2. The number of nitro benzene ring substituents is 1. The number of hydrogen-bond donors (Lipinski definition) is 1. The Morgan fingerprint density at radius 2 is 2.00 bits per heavy atom. The lowest BCUT2D eigenvalue weighted by Crippen LogP contribution is -2.44. The van der Waals surface area contributed by atoms with E-state index < -0.39 is 23.0 Å². The first-order valence-corrected chi connectivity index (χ1v) is 9.59. The number of fused-ring (bicyclic) bond motifs is 4. The maximum atomic E-state index is 13.2. The summed E-state index contributed by atoms with van der Waals surface area (Å²) >= 11 is 0. The fraction of sp³-hybridized carbons (Fsp3) is 0.182. The number of aromatic nitrogens is 1. The zero-order valence-electron chi connectivity index (χ0n) is 15.9. The van der Waals surface area contributed by atoms with Crippen LogP contribution in [0.3, 0.4) is 0 Å². The van der Waals surface area contributed by atoms with E-state index in [0.717, 1.165) is 22.2 Å². The van der Waals surface area contributed by atoms with Gasteiger partial charge >= 0.3 is 6.03 Å². The molecule has 2 aromatic carbocycles. The molecule has 1 N–H and O–H groups in total. The summed E-state index contributed by atoms with van der Waals surface area (Å²) in [4.78, 5) is 43.3. The molecule has 2 atom stereocenters. The lowest BCUT2D eigenvalue weighted by molar-refractivity contribution is -0.384. The van der Waals surface area contributed by atoms with Crippen LogP contribution in [0.2, 0.25) is 0 Å². The summed E-state index contributed by atoms with van der Waals surface area (Å²) in [7, 11) is 0. The number of carbonyl (C=O) groups excluding carboxylic acids is 2. The van der Waals surface area contributed by atoms with Crippen LogP contribution in [0.25, 0.3) is 10.9 Å². The van der Waals surface area contributed by atoms with Gasteiger partial charge in [-0.2, -0.15) is 0 Å². The number of urea groups is 1. The van der Waals surface area contributed by atoms with E-state index >= 15 is 0 Å². The van der Waals surface area contributed by atoms with Crippen LogP contribution in [0.1, 0.15) is 22.9 Å². The largest absolute Gasteiger partial charge is 0.356 e. The Bertz CT molecular complexity index is 1230. The number of nitro groups is 1. The van der Waals surface area contributed by atoms with Gasteiger partial charge in [0, 0.05) is 41.7 Å². The topological polar surface area (TPSA) is 99.5 Å². The molecule has 2 aliphatic rings. The van der Waals surface area contributed by atoms with Gasteiger partial charge in [-0.15, -0.1) is 6.58 Å². The third-order valence-electron chi connectivity index (χ3n) is 5.84. The number of para-hydroxylation sites is 1. The van der Waals surface area contributed by atoms with Crippen molar-refractivity contribution >= 4 is 28.5 Å². The minimum atomic E-state index is -0.659. The van der Waals surface area contributed by atoms with Crippen molar-refractivity contribution in [1.82, 2.24) is 14.8 Å². The van der Waals surface area contributed by atoms with Gasteiger partial charge in [0.1, 0.15) is 12.1 Å². The van der Waals surface area contributed by atoms with Gasteiger partial charge < -0.3 is 4.98 Å². The van der Waals surface area contributed by atoms with Crippen molar-refractivity contribution in [3.63, 3.8) is 0 Å². The van der Waals surface area contributed by atoms with Crippen LogP contribution in [0.5, 0.6) is 0 Å². The molecule has 8 heteroatoms. The molecule has 1 fully saturated rings. The number of nitrogens with one attached hydrogen (secondary N) is 1. The number of benzene rings is 2. The quantitative estimate of drug-likeness (QED) is 0.312. The van der Waals surface area contributed by atoms with Crippen molar-refractivity contribution in [2.24, 2.45) is 0 Å². The molecule has 5 rings (SSSR count). The van der Waals surface area contributed by atoms with Crippen molar-refractivity contribution in [2.45, 2.75) is 18.5 Å². The van der Waals surface area contributed by atoms with E-state index in [-0.39, 0.29) is 18.1 Å². The van der Waals surface area contributed by atoms with Gasteiger partial charge in [-0.25, -0.2) is 4.79 Å². The third-order valence-corrected chi connectivity index (χ3v) is 5.84. The Balaban J connectivity index is 1.74. The lowest BCUT2D eigenvalue weighted by Gasteiger charge is -2.35. The second kappa shape index (κ2) is 6.55. The predicted molar refractivity (Wildman–Crippen MR) is 110 cm³/mol.